The van der Waals surface area contributed by atoms with Crippen LogP contribution in [0.2, 0.25) is 0 Å². The number of methoxy groups -OCH3 is 1. The molecule has 1 aliphatic heterocycles. The van der Waals surface area contributed by atoms with E-state index >= 15 is 0 Å². The van der Waals surface area contributed by atoms with Crippen molar-refractivity contribution in [2.45, 2.75) is 44.6 Å². The van der Waals surface area contributed by atoms with Crippen molar-refractivity contribution in [2.75, 3.05) is 46.9 Å². The van der Waals surface area contributed by atoms with Gasteiger partial charge in [0.05, 0.1) is 6.61 Å². The Morgan fingerprint density at radius 3 is 2.52 bits per heavy atom. The number of nitrogens with zero attached hydrogens (tertiary/aromatic N) is 2. The fourth-order valence-electron chi connectivity index (χ4n) is 3.33. The molecule has 5 heteroatoms. The van der Waals surface area contributed by atoms with Gasteiger partial charge in [-0.1, -0.05) is 12.8 Å². The van der Waals surface area contributed by atoms with Gasteiger partial charge in [0.15, 0.2) is 5.96 Å². The van der Waals surface area contributed by atoms with Crippen molar-refractivity contribution in [3.8, 4) is 0 Å². The summed E-state index contributed by atoms with van der Waals surface area (Å²) in [5.74, 6) is 1.76. The number of likely N-dealkylation sites (tertiary alicyclic amines) is 1. The SMILES string of the molecule is CN=C(NCC1CCN(CCOC)CC1)NC1CCCC1. The maximum atomic E-state index is 5.15. The lowest BCUT2D eigenvalue weighted by Crippen LogP contribution is -2.45. The van der Waals surface area contributed by atoms with E-state index in [1.165, 1.54) is 51.6 Å². The van der Waals surface area contributed by atoms with Crippen molar-refractivity contribution in [1.82, 2.24) is 15.5 Å². The van der Waals surface area contributed by atoms with Crippen LogP contribution < -0.4 is 10.6 Å². The first-order valence-electron chi connectivity index (χ1n) is 8.50. The van der Waals surface area contributed by atoms with E-state index in [1.807, 2.05) is 7.05 Å². The number of hydrogen-bond donors (Lipinski definition) is 2. The molecule has 21 heavy (non-hydrogen) atoms. The molecule has 2 fully saturated rings. The average Bonchev–Trinajstić information content (AvgIpc) is 3.03. The first-order chi connectivity index (χ1) is 10.3. The number of hydrogen-bond acceptors (Lipinski definition) is 3. The first kappa shape index (κ1) is 16.6. The summed E-state index contributed by atoms with van der Waals surface area (Å²) in [6, 6.07) is 0.632. The van der Waals surface area contributed by atoms with E-state index in [9.17, 15) is 0 Å². The van der Waals surface area contributed by atoms with Crippen LogP contribution in [0.5, 0.6) is 0 Å². The highest BCUT2D eigenvalue weighted by atomic mass is 16.5. The van der Waals surface area contributed by atoms with Crippen LogP contribution in [0.15, 0.2) is 4.99 Å². The lowest BCUT2D eigenvalue weighted by atomic mass is 9.97. The number of piperidine rings is 1. The molecule has 0 aromatic carbocycles. The van der Waals surface area contributed by atoms with E-state index in [0.717, 1.165) is 31.6 Å². The number of rotatable bonds is 6. The molecule has 0 amide bonds. The van der Waals surface area contributed by atoms with Gasteiger partial charge in [-0.2, -0.15) is 0 Å². The molecule has 2 rings (SSSR count). The summed E-state index contributed by atoms with van der Waals surface area (Å²) >= 11 is 0. The molecule has 0 spiro atoms. The summed E-state index contributed by atoms with van der Waals surface area (Å²) in [6.45, 7) is 5.36. The lowest BCUT2D eigenvalue weighted by Gasteiger charge is -2.32. The van der Waals surface area contributed by atoms with Gasteiger partial charge in [-0.25, -0.2) is 0 Å². The van der Waals surface area contributed by atoms with E-state index in [2.05, 4.69) is 20.5 Å². The largest absolute Gasteiger partial charge is 0.383 e. The Balaban J connectivity index is 1.61. The number of aliphatic imine (C=N–C) groups is 1. The highest BCUT2D eigenvalue weighted by Crippen LogP contribution is 2.18. The second kappa shape index (κ2) is 9.26. The number of nitrogens with one attached hydrogen (secondary N) is 2. The summed E-state index contributed by atoms with van der Waals surface area (Å²) < 4.78 is 5.15. The Hall–Kier alpha value is -0.810. The van der Waals surface area contributed by atoms with Crippen LogP contribution in [0.4, 0.5) is 0 Å². The van der Waals surface area contributed by atoms with Crippen molar-refractivity contribution < 1.29 is 4.74 Å². The molecule has 5 nitrogen and oxygen atoms in total. The van der Waals surface area contributed by atoms with Crippen LogP contribution >= 0.6 is 0 Å². The van der Waals surface area contributed by atoms with Crippen LogP contribution in [0.1, 0.15) is 38.5 Å². The van der Waals surface area contributed by atoms with Crippen molar-refractivity contribution in [3.05, 3.63) is 0 Å². The van der Waals surface area contributed by atoms with Crippen LogP contribution in [0.3, 0.4) is 0 Å². The molecule has 2 aliphatic rings. The van der Waals surface area contributed by atoms with Gasteiger partial charge in [0, 0.05) is 33.3 Å². The third-order valence-electron chi connectivity index (χ3n) is 4.80. The zero-order valence-electron chi connectivity index (χ0n) is 13.7. The molecular formula is C16H32N4O. The zero-order chi connectivity index (χ0) is 14.9. The monoisotopic (exact) mass is 296 g/mol. The standard InChI is InChI=1S/C16H32N4O/c1-17-16(19-15-5-3-4-6-15)18-13-14-7-9-20(10-8-14)11-12-21-2/h14-15H,3-13H2,1-2H3,(H2,17,18,19). The molecular weight excluding hydrogens is 264 g/mol. The fourth-order valence-corrected chi connectivity index (χ4v) is 3.33. The highest BCUT2D eigenvalue weighted by molar-refractivity contribution is 5.79. The molecule has 1 saturated heterocycles. The third kappa shape index (κ3) is 5.83. The second-order valence-electron chi connectivity index (χ2n) is 6.36. The Bertz CT molecular complexity index is 307. The summed E-state index contributed by atoms with van der Waals surface area (Å²) in [7, 11) is 3.65. The molecule has 1 heterocycles. The molecule has 1 aliphatic carbocycles. The van der Waals surface area contributed by atoms with Crippen molar-refractivity contribution in [3.63, 3.8) is 0 Å². The molecule has 0 unspecified atom stereocenters. The van der Waals surface area contributed by atoms with Crippen molar-refractivity contribution in [2.24, 2.45) is 10.9 Å². The predicted octanol–water partition coefficient (Wildman–Crippen LogP) is 1.45. The number of ether oxygens (including phenoxy) is 1. The van der Waals surface area contributed by atoms with E-state index < -0.39 is 0 Å². The third-order valence-corrected chi connectivity index (χ3v) is 4.80. The second-order valence-corrected chi connectivity index (χ2v) is 6.36. The predicted molar refractivity (Wildman–Crippen MR) is 87.8 cm³/mol. The molecule has 122 valence electrons. The van der Waals surface area contributed by atoms with E-state index in [4.69, 9.17) is 4.74 Å². The topological polar surface area (TPSA) is 48.9 Å². The van der Waals surface area contributed by atoms with Gasteiger partial charge in [-0.15, -0.1) is 0 Å². The van der Waals surface area contributed by atoms with Gasteiger partial charge in [-0.05, 0) is 44.7 Å². The van der Waals surface area contributed by atoms with E-state index in [1.54, 1.807) is 7.11 Å². The van der Waals surface area contributed by atoms with Gasteiger partial charge < -0.3 is 20.3 Å². The van der Waals surface area contributed by atoms with Gasteiger partial charge in [0.1, 0.15) is 0 Å². The summed E-state index contributed by atoms with van der Waals surface area (Å²) in [6.07, 6.45) is 7.84. The van der Waals surface area contributed by atoms with E-state index in [-0.39, 0.29) is 0 Å². The lowest BCUT2D eigenvalue weighted by molar-refractivity contribution is 0.121. The minimum atomic E-state index is 0.632. The highest BCUT2D eigenvalue weighted by Gasteiger charge is 2.20. The molecule has 0 bridgehead atoms. The minimum Gasteiger partial charge on any atom is -0.383 e. The van der Waals surface area contributed by atoms with Crippen LogP contribution in [-0.4, -0.2) is 63.8 Å². The molecule has 2 N–H and O–H groups in total. The summed E-state index contributed by atoms with van der Waals surface area (Å²) in [5, 5.41) is 7.07. The quantitative estimate of drug-likeness (QED) is 0.575. The minimum absolute atomic E-state index is 0.632. The normalized spacial score (nSPS) is 22.7. The van der Waals surface area contributed by atoms with Crippen molar-refractivity contribution in [1.29, 1.82) is 0 Å². The number of guanidine groups is 1. The van der Waals surface area contributed by atoms with Crippen LogP contribution in [-0.2, 0) is 4.74 Å². The summed E-state index contributed by atoms with van der Waals surface area (Å²) in [5.41, 5.74) is 0. The Morgan fingerprint density at radius 1 is 1.19 bits per heavy atom. The van der Waals surface area contributed by atoms with Crippen LogP contribution in [0.25, 0.3) is 0 Å². The Labute approximate surface area is 129 Å². The van der Waals surface area contributed by atoms with Crippen LogP contribution in [0, 0.1) is 5.92 Å². The summed E-state index contributed by atoms with van der Waals surface area (Å²) in [4.78, 5) is 6.86. The Morgan fingerprint density at radius 2 is 1.90 bits per heavy atom. The molecule has 1 saturated carbocycles. The maximum absolute atomic E-state index is 5.15. The molecule has 0 radical (unpaired) electrons. The smallest absolute Gasteiger partial charge is 0.191 e. The van der Waals surface area contributed by atoms with Gasteiger partial charge in [0.2, 0.25) is 0 Å². The molecule has 0 atom stereocenters. The molecule has 0 aromatic heterocycles. The maximum Gasteiger partial charge on any atom is 0.191 e. The fraction of sp³-hybridized carbons (Fsp3) is 0.938. The van der Waals surface area contributed by atoms with Crippen molar-refractivity contribution >= 4 is 5.96 Å². The van der Waals surface area contributed by atoms with Gasteiger partial charge in [0.25, 0.3) is 0 Å². The van der Waals surface area contributed by atoms with Gasteiger partial charge >= 0.3 is 0 Å². The van der Waals surface area contributed by atoms with E-state index in [0.29, 0.717) is 6.04 Å². The Kier molecular flexibility index (Phi) is 7.30. The first-order valence-corrected chi connectivity index (χ1v) is 8.50. The van der Waals surface area contributed by atoms with Gasteiger partial charge in [-0.3, -0.25) is 4.99 Å². The zero-order valence-corrected chi connectivity index (χ0v) is 13.7. The molecule has 0 aromatic rings. The average molecular weight is 296 g/mol.